The summed E-state index contributed by atoms with van der Waals surface area (Å²) in [6.07, 6.45) is -7.55. The Morgan fingerprint density at radius 3 is 1.35 bits per heavy atom. The molecule has 0 amide bonds. The largest absolute Gasteiger partial charge is 0.397 e. The van der Waals surface area contributed by atoms with Crippen molar-refractivity contribution in [1.29, 1.82) is 0 Å². The summed E-state index contributed by atoms with van der Waals surface area (Å²) >= 11 is 0. The molecule has 6 atom stereocenters. The molecule has 0 aromatic heterocycles. The molecule has 0 spiro atoms. The van der Waals surface area contributed by atoms with Crippen LogP contribution in [-0.2, 0) is 53.7 Å². The molecule has 0 aliphatic heterocycles. The zero-order chi connectivity index (χ0) is 20.5. The van der Waals surface area contributed by atoms with Crippen LogP contribution in [0.3, 0.4) is 0 Å². The zero-order valence-corrected chi connectivity index (χ0v) is 15.4. The SMILES string of the molecule is C[C@@H]1[C@@H](OS(=O)(=O)O)[C@H](C)[C@@H](OOO)[C@H](OS(=O)(=O)O)[C@H]1OS(=O)(=O)O. The second-order valence-corrected chi connectivity index (χ2v) is 8.46. The first-order chi connectivity index (χ1) is 11.6. The van der Waals surface area contributed by atoms with E-state index >= 15 is 0 Å². The molecule has 1 aliphatic carbocycles. The summed E-state index contributed by atoms with van der Waals surface area (Å²) in [5.74, 6) is -2.65. The van der Waals surface area contributed by atoms with E-state index in [0.717, 1.165) is 6.92 Å². The van der Waals surface area contributed by atoms with Crippen molar-refractivity contribution >= 4 is 31.2 Å². The third-order valence-electron chi connectivity index (χ3n) is 3.57. The van der Waals surface area contributed by atoms with Gasteiger partial charge in [0, 0.05) is 11.8 Å². The molecule has 1 aliphatic rings. The molecule has 0 aromatic carbocycles. The highest BCUT2D eigenvalue weighted by atomic mass is 32.3. The number of rotatable bonds is 8. The Balaban J connectivity index is 3.43. The van der Waals surface area contributed by atoms with E-state index in [1.807, 2.05) is 0 Å². The third-order valence-corrected chi connectivity index (χ3v) is 4.97. The Morgan fingerprint density at radius 1 is 0.615 bits per heavy atom. The van der Waals surface area contributed by atoms with Crippen LogP contribution >= 0.6 is 0 Å². The van der Waals surface area contributed by atoms with Crippen LogP contribution in [0.4, 0.5) is 0 Å². The lowest BCUT2D eigenvalue weighted by Crippen LogP contribution is -2.60. The molecule has 1 fully saturated rings. The first kappa shape index (κ1) is 23.5. The van der Waals surface area contributed by atoms with Gasteiger partial charge in [0.1, 0.15) is 18.3 Å². The van der Waals surface area contributed by atoms with Gasteiger partial charge in [-0.25, -0.2) is 17.8 Å². The van der Waals surface area contributed by atoms with Crippen LogP contribution in [0.2, 0.25) is 0 Å². The lowest BCUT2D eigenvalue weighted by molar-refractivity contribution is -0.519. The normalized spacial score (nSPS) is 33.9. The van der Waals surface area contributed by atoms with Crippen molar-refractivity contribution in [2.24, 2.45) is 11.8 Å². The van der Waals surface area contributed by atoms with Gasteiger partial charge in [0.15, 0.2) is 0 Å². The molecule has 0 aromatic rings. The Kier molecular flexibility index (Phi) is 7.46. The molecule has 0 bridgehead atoms. The van der Waals surface area contributed by atoms with Gasteiger partial charge in [-0.2, -0.15) is 30.1 Å². The minimum absolute atomic E-state index is 1.10. The molecular weight excluding hydrogens is 432 g/mol. The molecule has 1 rings (SSSR count). The van der Waals surface area contributed by atoms with Crippen molar-refractivity contribution in [1.82, 2.24) is 0 Å². The highest BCUT2D eigenvalue weighted by molar-refractivity contribution is 7.81. The quantitative estimate of drug-likeness (QED) is 0.190. The minimum atomic E-state index is -5.25. The van der Waals surface area contributed by atoms with Crippen LogP contribution < -0.4 is 0 Å². The second kappa shape index (κ2) is 8.24. The molecular formula is C8H16O15S3. The molecule has 4 N–H and O–H groups in total. The number of hydrogen-bond donors (Lipinski definition) is 4. The second-order valence-electron chi connectivity index (χ2n) is 5.32. The Labute approximate surface area is 148 Å². The van der Waals surface area contributed by atoms with Gasteiger partial charge in [-0.05, 0) is 0 Å². The highest BCUT2D eigenvalue weighted by Gasteiger charge is 2.54. The predicted molar refractivity (Wildman–Crippen MR) is 76.2 cm³/mol. The number of hydrogen-bond acceptors (Lipinski definition) is 12. The van der Waals surface area contributed by atoms with E-state index in [4.69, 9.17) is 18.9 Å². The van der Waals surface area contributed by atoms with Crippen molar-refractivity contribution in [2.45, 2.75) is 38.3 Å². The predicted octanol–water partition coefficient (Wildman–Crippen LogP) is -1.37. The van der Waals surface area contributed by atoms with Gasteiger partial charge in [-0.15, -0.1) is 0 Å². The van der Waals surface area contributed by atoms with E-state index in [-0.39, 0.29) is 0 Å². The van der Waals surface area contributed by atoms with E-state index in [1.54, 1.807) is 0 Å². The van der Waals surface area contributed by atoms with Gasteiger partial charge in [-0.3, -0.25) is 13.7 Å². The van der Waals surface area contributed by atoms with Crippen molar-refractivity contribution in [3.8, 4) is 0 Å². The van der Waals surface area contributed by atoms with Crippen molar-refractivity contribution in [3.05, 3.63) is 0 Å². The summed E-state index contributed by atoms with van der Waals surface area (Å²) in [4.78, 5) is 4.33. The Hall–Kier alpha value is -0.510. The summed E-state index contributed by atoms with van der Waals surface area (Å²) in [5.41, 5.74) is 0. The van der Waals surface area contributed by atoms with Crippen LogP contribution in [0, 0.1) is 11.8 Å². The van der Waals surface area contributed by atoms with Gasteiger partial charge < -0.3 is 0 Å². The molecule has 0 saturated heterocycles. The van der Waals surface area contributed by atoms with Crippen LogP contribution in [0.5, 0.6) is 0 Å². The standard InChI is InChI=1S/C8H16O15S3/c1-3-5(20-24(10,11)12)4(2)7(21-25(13,14)15)8(6(3)19-23-9)22-26(16,17)18/h3-9H,1-2H3,(H,10,11,12)(H,13,14,15)(H,16,17,18)/t3-,4+,5-,6+,7-,8-/m0/s1. The third kappa shape index (κ3) is 6.90. The molecule has 18 heteroatoms. The fourth-order valence-corrected chi connectivity index (χ4v) is 4.38. The molecule has 1 saturated carbocycles. The first-order valence-electron chi connectivity index (χ1n) is 6.49. The molecule has 0 unspecified atom stereocenters. The zero-order valence-electron chi connectivity index (χ0n) is 13.0. The van der Waals surface area contributed by atoms with Crippen LogP contribution in [0.1, 0.15) is 13.8 Å². The summed E-state index contributed by atoms with van der Waals surface area (Å²) in [7, 11) is -15.6. The molecule has 156 valence electrons. The van der Waals surface area contributed by atoms with Crippen LogP contribution in [-0.4, -0.2) is 68.6 Å². The first-order valence-corrected chi connectivity index (χ1v) is 10.6. The van der Waals surface area contributed by atoms with E-state index in [9.17, 15) is 25.3 Å². The topological polar surface area (TPSA) is 229 Å². The lowest BCUT2D eigenvalue weighted by Gasteiger charge is -2.45. The Morgan fingerprint density at radius 2 is 0.962 bits per heavy atom. The molecule has 15 nitrogen and oxygen atoms in total. The molecule has 26 heavy (non-hydrogen) atoms. The van der Waals surface area contributed by atoms with E-state index < -0.39 is 67.4 Å². The van der Waals surface area contributed by atoms with Gasteiger partial charge in [0.25, 0.3) is 0 Å². The maximum absolute atomic E-state index is 11.0. The van der Waals surface area contributed by atoms with Crippen molar-refractivity contribution < 1.29 is 66.6 Å². The van der Waals surface area contributed by atoms with E-state index in [0.29, 0.717) is 0 Å². The minimum Gasteiger partial charge on any atom is -0.264 e. The summed E-state index contributed by atoms with van der Waals surface area (Å²) in [5, 5.41) is 11.8. The monoisotopic (exact) mass is 448 g/mol. The van der Waals surface area contributed by atoms with Crippen LogP contribution in [0.15, 0.2) is 0 Å². The Bertz CT molecular complexity index is 785. The summed E-state index contributed by atoms with van der Waals surface area (Å²) < 4.78 is 106. The fourth-order valence-electron chi connectivity index (χ4n) is 2.68. The molecule has 0 heterocycles. The molecule has 0 radical (unpaired) electrons. The van der Waals surface area contributed by atoms with E-state index in [2.05, 4.69) is 22.5 Å². The summed E-state index contributed by atoms with van der Waals surface area (Å²) in [6.45, 7) is 2.26. The van der Waals surface area contributed by atoms with Gasteiger partial charge >= 0.3 is 31.2 Å². The average Bonchev–Trinajstić information content (AvgIpc) is 2.40. The average molecular weight is 448 g/mol. The maximum atomic E-state index is 11.0. The summed E-state index contributed by atoms with van der Waals surface area (Å²) in [6, 6.07) is 0. The van der Waals surface area contributed by atoms with Crippen LogP contribution in [0.25, 0.3) is 0 Å². The fraction of sp³-hybridized carbons (Fsp3) is 1.00. The lowest BCUT2D eigenvalue weighted by atomic mass is 9.75. The van der Waals surface area contributed by atoms with Crippen molar-refractivity contribution in [2.75, 3.05) is 0 Å². The maximum Gasteiger partial charge on any atom is 0.397 e. The van der Waals surface area contributed by atoms with Gasteiger partial charge in [-0.1, -0.05) is 18.9 Å². The van der Waals surface area contributed by atoms with Gasteiger partial charge in [0.2, 0.25) is 0 Å². The smallest absolute Gasteiger partial charge is 0.264 e. The highest BCUT2D eigenvalue weighted by Crippen LogP contribution is 2.39. The van der Waals surface area contributed by atoms with E-state index in [1.165, 1.54) is 6.92 Å². The van der Waals surface area contributed by atoms with Crippen molar-refractivity contribution in [3.63, 3.8) is 0 Å². The van der Waals surface area contributed by atoms with Gasteiger partial charge in [0.05, 0.1) is 6.10 Å².